The zero-order valence-electron chi connectivity index (χ0n) is 11.7. The number of hydrogen-bond acceptors (Lipinski definition) is 3. The number of nitrogen functional groups attached to an aromatic ring is 1. The Hall–Kier alpha value is -1.36. The van der Waals surface area contributed by atoms with Crippen LogP contribution in [0, 0.1) is 6.92 Å². The first kappa shape index (κ1) is 15.7. The van der Waals surface area contributed by atoms with Gasteiger partial charge in [-0.05, 0) is 38.0 Å². The number of anilines is 1. The molecule has 1 amide bonds. The van der Waals surface area contributed by atoms with Crippen molar-refractivity contribution in [1.82, 2.24) is 5.32 Å². The van der Waals surface area contributed by atoms with E-state index in [1.54, 1.807) is 12.1 Å². The highest BCUT2D eigenvalue weighted by atomic mass is 32.2. The van der Waals surface area contributed by atoms with Crippen molar-refractivity contribution < 1.29 is 9.00 Å². The minimum absolute atomic E-state index is 0.0404. The van der Waals surface area contributed by atoms with Gasteiger partial charge in [0.2, 0.25) is 5.91 Å². The summed E-state index contributed by atoms with van der Waals surface area (Å²) >= 11 is 0. The first-order valence-corrected chi connectivity index (χ1v) is 7.79. The highest BCUT2D eigenvalue weighted by molar-refractivity contribution is 7.86. The third kappa shape index (κ3) is 5.03. The van der Waals surface area contributed by atoms with Gasteiger partial charge in [0.1, 0.15) is 5.75 Å². The van der Waals surface area contributed by atoms with E-state index in [9.17, 15) is 9.00 Å². The number of benzene rings is 1. The molecule has 1 aromatic rings. The van der Waals surface area contributed by atoms with Gasteiger partial charge in [-0.1, -0.05) is 19.4 Å². The van der Waals surface area contributed by atoms with Crippen molar-refractivity contribution in [1.29, 1.82) is 0 Å². The molecule has 5 heteroatoms. The van der Waals surface area contributed by atoms with E-state index in [1.807, 2.05) is 19.9 Å². The normalized spacial score (nSPS) is 13.8. The summed E-state index contributed by atoms with van der Waals surface area (Å²) in [4.78, 5) is 12.3. The molecule has 0 aliphatic heterocycles. The summed E-state index contributed by atoms with van der Waals surface area (Å²) in [6.45, 7) is 5.93. The maximum absolute atomic E-state index is 12.1. The molecule has 19 heavy (non-hydrogen) atoms. The van der Waals surface area contributed by atoms with Crippen LogP contribution in [0.15, 0.2) is 23.1 Å². The number of carbonyl (C=O) groups excluding carboxylic acids is 1. The van der Waals surface area contributed by atoms with E-state index in [4.69, 9.17) is 5.73 Å². The lowest BCUT2D eigenvalue weighted by Crippen LogP contribution is -2.35. The molecule has 1 aromatic carbocycles. The van der Waals surface area contributed by atoms with Crippen molar-refractivity contribution in [3.05, 3.63) is 23.8 Å². The lowest BCUT2D eigenvalue weighted by atomic mass is 10.2. The van der Waals surface area contributed by atoms with Crippen LogP contribution in [0.2, 0.25) is 0 Å². The first-order chi connectivity index (χ1) is 8.93. The maximum atomic E-state index is 12.1. The van der Waals surface area contributed by atoms with E-state index in [0.29, 0.717) is 10.6 Å². The van der Waals surface area contributed by atoms with E-state index >= 15 is 0 Å². The maximum Gasteiger partial charge on any atom is 0.233 e. The summed E-state index contributed by atoms with van der Waals surface area (Å²) in [5, 5.41) is 2.84. The number of nitrogens with one attached hydrogen (secondary N) is 1. The molecule has 0 radical (unpaired) electrons. The summed E-state index contributed by atoms with van der Waals surface area (Å²) in [6.07, 6.45) is 1.93. The quantitative estimate of drug-likeness (QED) is 0.784. The molecule has 0 aliphatic carbocycles. The number of rotatable bonds is 6. The highest BCUT2D eigenvalue weighted by Crippen LogP contribution is 2.17. The lowest BCUT2D eigenvalue weighted by Gasteiger charge is -2.13. The smallest absolute Gasteiger partial charge is 0.233 e. The van der Waals surface area contributed by atoms with E-state index in [1.165, 1.54) is 0 Å². The highest BCUT2D eigenvalue weighted by Gasteiger charge is 2.14. The van der Waals surface area contributed by atoms with Crippen LogP contribution in [-0.2, 0) is 15.6 Å². The molecule has 106 valence electrons. The molecule has 2 unspecified atom stereocenters. The predicted molar refractivity (Wildman–Crippen MR) is 79.4 cm³/mol. The fourth-order valence-electron chi connectivity index (χ4n) is 1.89. The summed E-state index contributed by atoms with van der Waals surface area (Å²) in [5.74, 6) is -0.235. The molecule has 0 spiro atoms. The van der Waals surface area contributed by atoms with Gasteiger partial charge in [0.25, 0.3) is 0 Å². The Labute approximate surface area is 117 Å². The average molecular weight is 282 g/mol. The number of amides is 1. The van der Waals surface area contributed by atoms with E-state index in [0.717, 1.165) is 18.4 Å². The van der Waals surface area contributed by atoms with Crippen molar-refractivity contribution in [2.24, 2.45) is 0 Å². The molecule has 0 saturated carbocycles. The minimum atomic E-state index is -1.39. The Balaban J connectivity index is 2.62. The zero-order chi connectivity index (χ0) is 14.4. The van der Waals surface area contributed by atoms with Gasteiger partial charge in [0.05, 0.1) is 15.7 Å². The molecule has 0 saturated heterocycles. The number of nitrogens with two attached hydrogens (primary N) is 1. The second-order valence-electron chi connectivity index (χ2n) is 4.79. The number of hydrogen-bond donors (Lipinski definition) is 2. The van der Waals surface area contributed by atoms with E-state index in [2.05, 4.69) is 12.2 Å². The third-order valence-corrected chi connectivity index (χ3v) is 4.19. The lowest BCUT2D eigenvalue weighted by molar-refractivity contribution is -0.119. The molecule has 0 heterocycles. The third-order valence-electron chi connectivity index (χ3n) is 2.80. The SMILES string of the molecule is CCCC(C)NC(=O)CS(=O)c1ccc(C)cc1N. The molecular formula is C14H22N2O2S. The molecule has 2 atom stereocenters. The fourth-order valence-corrected chi connectivity index (χ4v) is 2.91. The molecule has 4 nitrogen and oxygen atoms in total. The number of aryl methyl sites for hydroxylation is 1. The second-order valence-corrected chi connectivity index (χ2v) is 6.21. The molecule has 0 aromatic heterocycles. The van der Waals surface area contributed by atoms with Crippen LogP contribution in [0.4, 0.5) is 5.69 Å². The summed E-state index contributed by atoms with van der Waals surface area (Å²) in [6, 6.07) is 5.46. The summed E-state index contributed by atoms with van der Waals surface area (Å²) in [5.41, 5.74) is 7.31. The Morgan fingerprint density at radius 1 is 1.47 bits per heavy atom. The molecule has 1 rings (SSSR count). The van der Waals surface area contributed by atoms with Crippen LogP contribution in [-0.4, -0.2) is 21.9 Å². The van der Waals surface area contributed by atoms with Gasteiger partial charge in [-0.15, -0.1) is 0 Å². The monoisotopic (exact) mass is 282 g/mol. The largest absolute Gasteiger partial charge is 0.398 e. The minimum Gasteiger partial charge on any atom is -0.398 e. The zero-order valence-corrected chi connectivity index (χ0v) is 12.5. The Bertz CT molecular complexity index is 475. The Morgan fingerprint density at radius 2 is 2.16 bits per heavy atom. The van der Waals surface area contributed by atoms with Crippen molar-refractivity contribution in [3.8, 4) is 0 Å². The van der Waals surface area contributed by atoms with Gasteiger partial charge in [-0.2, -0.15) is 0 Å². The van der Waals surface area contributed by atoms with Crippen molar-refractivity contribution >= 4 is 22.4 Å². The Kier molecular flexibility index (Phi) is 6.02. The van der Waals surface area contributed by atoms with E-state index < -0.39 is 10.8 Å². The van der Waals surface area contributed by atoms with E-state index in [-0.39, 0.29) is 17.7 Å². The van der Waals surface area contributed by atoms with Gasteiger partial charge in [-0.25, -0.2) is 0 Å². The van der Waals surface area contributed by atoms with Gasteiger partial charge in [-0.3, -0.25) is 9.00 Å². The van der Waals surface area contributed by atoms with Crippen LogP contribution in [0.1, 0.15) is 32.3 Å². The summed E-state index contributed by atoms with van der Waals surface area (Å²) < 4.78 is 12.1. The Morgan fingerprint density at radius 3 is 2.74 bits per heavy atom. The standard InChI is InChI=1S/C14H22N2O2S/c1-4-5-11(3)16-14(17)9-19(18)13-7-6-10(2)8-12(13)15/h6-8,11H,4-5,9,15H2,1-3H3,(H,16,17). The molecule has 0 aliphatic rings. The molecule has 0 fully saturated rings. The van der Waals surface area contributed by atoms with Crippen molar-refractivity contribution in [2.45, 2.75) is 44.6 Å². The topological polar surface area (TPSA) is 72.2 Å². The predicted octanol–water partition coefficient (Wildman–Crippen LogP) is 1.99. The average Bonchev–Trinajstić information content (AvgIpc) is 2.28. The van der Waals surface area contributed by atoms with Gasteiger partial charge in [0.15, 0.2) is 0 Å². The molecule has 0 bridgehead atoms. The second kappa shape index (κ2) is 7.28. The van der Waals surface area contributed by atoms with Crippen LogP contribution in [0.25, 0.3) is 0 Å². The van der Waals surface area contributed by atoms with Crippen LogP contribution < -0.4 is 11.1 Å². The first-order valence-electron chi connectivity index (χ1n) is 6.48. The van der Waals surface area contributed by atoms with Gasteiger partial charge >= 0.3 is 0 Å². The van der Waals surface area contributed by atoms with Crippen LogP contribution in [0.5, 0.6) is 0 Å². The fraction of sp³-hybridized carbons (Fsp3) is 0.500. The van der Waals surface area contributed by atoms with Crippen molar-refractivity contribution in [3.63, 3.8) is 0 Å². The van der Waals surface area contributed by atoms with Gasteiger partial charge in [0, 0.05) is 11.7 Å². The number of carbonyl (C=O) groups is 1. The molecule has 3 N–H and O–H groups in total. The van der Waals surface area contributed by atoms with Crippen molar-refractivity contribution in [2.75, 3.05) is 11.5 Å². The van der Waals surface area contributed by atoms with Gasteiger partial charge < -0.3 is 11.1 Å². The van der Waals surface area contributed by atoms with Crippen LogP contribution in [0.3, 0.4) is 0 Å². The molecular weight excluding hydrogens is 260 g/mol. The summed E-state index contributed by atoms with van der Waals surface area (Å²) in [7, 11) is -1.39. The van der Waals surface area contributed by atoms with Crippen LogP contribution >= 0.6 is 0 Å².